The average molecular weight is 285 g/mol. The summed E-state index contributed by atoms with van der Waals surface area (Å²) < 4.78 is 37.8. The van der Waals surface area contributed by atoms with Crippen molar-refractivity contribution in [3.8, 4) is 0 Å². The Kier molecular flexibility index (Phi) is 5.93. The summed E-state index contributed by atoms with van der Waals surface area (Å²) in [6.45, 7) is -0.275. The first-order valence-corrected chi connectivity index (χ1v) is 4.71. The van der Waals surface area contributed by atoms with Crippen LogP contribution in [-0.4, -0.2) is 17.7 Å². The van der Waals surface area contributed by atoms with Crippen molar-refractivity contribution in [3.63, 3.8) is 0 Å². The van der Waals surface area contributed by atoms with Crippen molar-refractivity contribution in [2.24, 2.45) is 5.73 Å². The van der Waals surface area contributed by atoms with Crippen LogP contribution < -0.4 is 11.1 Å². The van der Waals surface area contributed by atoms with Gasteiger partial charge >= 0.3 is 12.3 Å². The zero-order valence-electron chi connectivity index (χ0n) is 9.07. The fourth-order valence-electron chi connectivity index (χ4n) is 1.39. The van der Waals surface area contributed by atoms with Crippen molar-refractivity contribution in [1.82, 2.24) is 5.32 Å². The standard InChI is InChI=1S/C10H11F3N2O2.ClH/c11-10(12,13)7-4-2-1-3-6(7)8(14)5-15-9(16)17;/h1-4,8,15H,5,14H2,(H,16,17);1H. The first-order valence-electron chi connectivity index (χ1n) is 4.71. The van der Waals surface area contributed by atoms with E-state index in [1.54, 1.807) is 0 Å². The van der Waals surface area contributed by atoms with Crippen LogP contribution in [0.25, 0.3) is 0 Å². The minimum atomic E-state index is -4.50. The number of alkyl halides is 3. The van der Waals surface area contributed by atoms with E-state index >= 15 is 0 Å². The van der Waals surface area contributed by atoms with E-state index < -0.39 is 23.9 Å². The topological polar surface area (TPSA) is 75.3 Å². The molecule has 1 unspecified atom stereocenters. The third-order valence-corrected chi connectivity index (χ3v) is 2.14. The smallest absolute Gasteiger partial charge is 0.416 e. The molecular formula is C10H12ClF3N2O2. The van der Waals surface area contributed by atoms with Crippen molar-refractivity contribution in [1.29, 1.82) is 0 Å². The molecule has 4 N–H and O–H groups in total. The van der Waals surface area contributed by atoms with E-state index in [1.807, 2.05) is 5.32 Å². The molecule has 102 valence electrons. The Bertz CT molecular complexity index is 412. The highest BCUT2D eigenvalue weighted by atomic mass is 35.5. The number of nitrogens with one attached hydrogen (secondary N) is 1. The van der Waals surface area contributed by atoms with Crippen LogP contribution in [0.15, 0.2) is 24.3 Å². The number of halogens is 4. The normalized spacial score (nSPS) is 12.4. The summed E-state index contributed by atoms with van der Waals surface area (Å²) in [6.07, 6.45) is -5.83. The molecule has 18 heavy (non-hydrogen) atoms. The molecule has 1 aromatic carbocycles. The fraction of sp³-hybridized carbons (Fsp3) is 0.300. The van der Waals surface area contributed by atoms with E-state index in [0.29, 0.717) is 0 Å². The molecule has 0 saturated carbocycles. The Labute approximate surface area is 107 Å². The van der Waals surface area contributed by atoms with Gasteiger partial charge in [-0.1, -0.05) is 18.2 Å². The number of hydrogen-bond donors (Lipinski definition) is 3. The third kappa shape index (κ3) is 4.42. The largest absolute Gasteiger partial charge is 0.465 e. The molecule has 0 aliphatic carbocycles. The quantitative estimate of drug-likeness (QED) is 0.798. The molecule has 0 fully saturated rings. The summed E-state index contributed by atoms with van der Waals surface area (Å²) in [5, 5.41) is 10.3. The van der Waals surface area contributed by atoms with E-state index in [2.05, 4.69) is 0 Å². The molecule has 0 aliphatic rings. The summed E-state index contributed by atoms with van der Waals surface area (Å²) in [5.41, 5.74) is 4.54. The fourth-order valence-corrected chi connectivity index (χ4v) is 1.39. The van der Waals surface area contributed by atoms with E-state index in [-0.39, 0.29) is 24.5 Å². The molecule has 4 nitrogen and oxygen atoms in total. The highest BCUT2D eigenvalue weighted by molar-refractivity contribution is 5.85. The maximum Gasteiger partial charge on any atom is 0.416 e. The van der Waals surface area contributed by atoms with Crippen molar-refractivity contribution in [2.45, 2.75) is 12.2 Å². The summed E-state index contributed by atoms with van der Waals surface area (Å²) in [5.74, 6) is 0. The van der Waals surface area contributed by atoms with Gasteiger partial charge in [0.05, 0.1) is 5.56 Å². The molecule has 0 aromatic heterocycles. The molecule has 0 bridgehead atoms. The van der Waals surface area contributed by atoms with Gasteiger partial charge < -0.3 is 16.2 Å². The Hall–Kier alpha value is -1.47. The highest BCUT2D eigenvalue weighted by Crippen LogP contribution is 2.33. The van der Waals surface area contributed by atoms with Gasteiger partial charge in [-0.05, 0) is 11.6 Å². The van der Waals surface area contributed by atoms with Gasteiger partial charge in [0.15, 0.2) is 0 Å². The number of rotatable bonds is 3. The van der Waals surface area contributed by atoms with Crippen molar-refractivity contribution < 1.29 is 23.1 Å². The van der Waals surface area contributed by atoms with Crippen LogP contribution in [0.1, 0.15) is 17.2 Å². The van der Waals surface area contributed by atoms with Crippen molar-refractivity contribution in [3.05, 3.63) is 35.4 Å². The van der Waals surface area contributed by atoms with Crippen LogP contribution in [0.2, 0.25) is 0 Å². The lowest BCUT2D eigenvalue weighted by Crippen LogP contribution is -2.31. The monoisotopic (exact) mass is 284 g/mol. The molecule has 1 amide bonds. The Morgan fingerprint density at radius 2 is 1.94 bits per heavy atom. The van der Waals surface area contributed by atoms with Gasteiger partial charge in [0.2, 0.25) is 0 Å². The average Bonchev–Trinajstić information content (AvgIpc) is 2.24. The van der Waals surface area contributed by atoms with E-state index in [1.165, 1.54) is 18.2 Å². The first kappa shape index (κ1) is 16.5. The van der Waals surface area contributed by atoms with Crippen LogP contribution in [0.4, 0.5) is 18.0 Å². The van der Waals surface area contributed by atoms with Gasteiger partial charge in [-0.15, -0.1) is 12.4 Å². The van der Waals surface area contributed by atoms with Crippen LogP contribution in [0.3, 0.4) is 0 Å². The van der Waals surface area contributed by atoms with Gasteiger partial charge in [0.1, 0.15) is 0 Å². The van der Waals surface area contributed by atoms with Crippen LogP contribution in [0, 0.1) is 0 Å². The molecule has 1 aromatic rings. The molecule has 0 spiro atoms. The summed E-state index contributed by atoms with van der Waals surface area (Å²) in [4.78, 5) is 10.2. The lowest BCUT2D eigenvalue weighted by molar-refractivity contribution is -0.138. The minimum absolute atomic E-state index is 0. The van der Waals surface area contributed by atoms with E-state index in [4.69, 9.17) is 10.8 Å². The van der Waals surface area contributed by atoms with Gasteiger partial charge in [-0.25, -0.2) is 4.79 Å². The molecule has 0 saturated heterocycles. The number of nitrogens with two attached hydrogens (primary N) is 1. The Balaban J connectivity index is 0.00000289. The summed E-state index contributed by atoms with van der Waals surface area (Å²) in [6, 6.07) is 3.78. The number of benzene rings is 1. The molecular weight excluding hydrogens is 273 g/mol. The molecule has 1 rings (SSSR count). The number of carbonyl (C=O) groups is 1. The SMILES string of the molecule is Cl.NC(CNC(=O)O)c1ccccc1C(F)(F)F. The first-order chi connectivity index (χ1) is 7.82. The summed E-state index contributed by atoms with van der Waals surface area (Å²) >= 11 is 0. The van der Waals surface area contributed by atoms with Gasteiger partial charge in [0, 0.05) is 12.6 Å². The highest BCUT2D eigenvalue weighted by Gasteiger charge is 2.34. The molecule has 0 heterocycles. The maximum absolute atomic E-state index is 12.6. The van der Waals surface area contributed by atoms with Gasteiger partial charge in [0.25, 0.3) is 0 Å². The lowest BCUT2D eigenvalue weighted by atomic mass is 10.0. The van der Waals surface area contributed by atoms with Crippen LogP contribution in [0.5, 0.6) is 0 Å². The zero-order chi connectivity index (χ0) is 13.1. The second kappa shape index (κ2) is 6.46. The van der Waals surface area contributed by atoms with E-state index in [9.17, 15) is 18.0 Å². The molecule has 0 radical (unpaired) electrons. The number of carboxylic acid groups (broad SMARTS) is 1. The van der Waals surface area contributed by atoms with Crippen LogP contribution in [-0.2, 0) is 6.18 Å². The minimum Gasteiger partial charge on any atom is -0.465 e. The molecule has 0 aliphatic heterocycles. The lowest BCUT2D eigenvalue weighted by Gasteiger charge is -2.17. The molecule has 1 atom stereocenters. The predicted octanol–water partition coefficient (Wildman–Crippen LogP) is 2.39. The second-order valence-electron chi connectivity index (χ2n) is 3.38. The van der Waals surface area contributed by atoms with E-state index in [0.717, 1.165) is 6.07 Å². The maximum atomic E-state index is 12.6. The zero-order valence-corrected chi connectivity index (χ0v) is 9.89. The Morgan fingerprint density at radius 1 is 1.39 bits per heavy atom. The Morgan fingerprint density at radius 3 is 2.44 bits per heavy atom. The third-order valence-electron chi connectivity index (χ3n) is 2.14. The van der Waals surface area contributed by atoms with Gasteiger partial charge in [-0.2, -0.15) is 13.2 Å². The van der Waals surface area contributed by atoms with Crippen molar-refractivity contribution >= 4 is 18.5 Å². The van der Waals surface area contributed by atoms with Crippen LogP contribution >= 0.6 is 12.4 Å². The van der Waals surface area contributed by atoms with Gasteiger partial charge in [-0.3, -0.25) is 0 Å². The summed E-state index contributed by atoms with van der Waals surface area (Å²) in [7, 11) is 0. The number of hydrogen-bond acceptors (Lipinski definition) is 2. The molecule has 8 heteroatoms. The second-order valence-corrected chi connectivity index (χ2v) is 3.38. The number of amides is 1. The van der Waals surface area contributed by atoms with Crippen molar-refractivity contribution in [2.75, 3.05) is 6.54 Å². The predicted molar refractivity (Wildman–Crippen MR) is 61.6 cm³/mol.